The summed E-state index contributed by atoms with van der Waals surface area (Å²) in [5.41, 5.74) is 24.4. The standard InChI is InChI=1S/C19H29N11O3.ClH/c20-10-3-11(21)7-28(6-10)18-25-17(24-15-2-1-14(31)5-16(15)30(32)33)26-19(27-18)29-8-12(22)4-13(23)9-29;/h1-2,5,10-13,31H,3-4,6-9,20-23H2,(H,24,25,26,27);1H/t10-,11-,12-,13+;/m1./s1. The number of piperidine rings is 2. The summed E-state index contributed by atoms with van der Waals surface area (Å²) in [4.78, 5) is 28.2. The number of nitro groups is 1. The Hall–Kier alpha value is -3.04. The average molecular weight is 496 g/mol. The number of phenols is 1. The highest BCUT2D eigenvalue weighted by molar-refractivity contribution is 5.85. The molecule has 1 aromatic carbocycles. The van der Waals surface area contributed by atoms with Crippen LogP contribution in [0, 0.1) is 10.1 Å². The number of halogens is 1. The molecular formula is C19H30ClN11O3. The summed E-state index contributed by atoms with van der Waals surface area (Å²) in [7, 11) is 0. The predicted octanol–water partition coefficient (Wildman–Crippen LogP) is -0.620. The largest absolute Gasteiger partial charge is 0.508 e. The molecule has 2 fully saturated rings. The third kappa shape index (κ3) is 5.90. The lowest BCUT2D eigenvalue weighted by Gasteiger charge is -2.37. The first-order chi connectivity index (χ1) is 15.7. The van der Waals surface area contributed by atoms with Crippen LogP contribution in [0.1, 0.15) is 12.8 Å². The van der Waals surface area contributed by atoms with E-state index in [-0.39, 0.29) is 59.6 Å². The smallest absolute Gasteiger partial charge is 0.296 e. The molecule has 0 unspecified atom stereocenters. The summed E-state index contributed by atoms with van der Waals surface area (Å²) in [5.74, 6) is 0.575. The molecule has 1 aromatic heterocycles. The molecule has 2 aromatic rings. The Morgan fingerprint density at radius 1 is 0.912 bits per heavy atom. The fourth-order valence-corrected chi connectivity index (χ4v) is 4.27. The van der Waals surface area contributed by atoms with Crippen LogP contribution in [0.2, 0.25) is 0 Å². The Labute approximate surface area is 202 Å². The van der Waals surface area contributed by atoms with Crippen molar-refractivity contribution >= 4 is 41.6 Å². The minimum absolute atomic E-state index is 0. The number of hydrogen-bond donors (Lipinski definition) is 6. The van der Waals surface area contributed by atoms with Gasteiger partial charge in [0, 0.05) is 50.3 Å². The van der Waals surface area contributed by atoms with Crippen molar-refractivity contribution in [3.05, 3.63) is 28.3 Å². The van der Waals surface area contributed by atoms with Gasteiger partial charge in [0.25, 0.3) is 5.69 Å². The first-order valence-corrected chi connectivity index (χ1v) is 10.7. The minimum Gasteiger partial charge on any atom is -0.508 e. The van der Waals surface area contributed by atoms with E-state index in [0.717, 1.165) is 6.07 Å². The maximum Gasteiger partial charge on any atom is 0.296 e. The minimum atomic E-state index is -0.601. The fraction of sp³-hybridized carbons (Fsp3) is 0.526. The molecule has 14 nitrogen and oxygen atoms in total. The monoisotopic (exact) mass is 495 g/mol. The highest BCUT2D eigenvalue weighted by Crippen LogP contribution is 2.31. The third-order valence-electron chi connectivity index (χ3n) is 5.63. The van der Waals surface area contributed by atoms with E-state index < -0.39 is 4.92 Å². The number of hydrogen-bond acceptors (Lipinski definition) is 13. The van der Waals surface area contributed by atoms with E-state index >= 15 is 0 Å². The summed E-state index contributed by atoms with van der Waals surface area (Å²) in [6.07, 6.45) is 1.38. The van der Waals surface area contributed by atoms with Crippen LogP contribution in [0.3, 0.4) is 0 Å². The van der Waals surface area contributed by atoms with Crippen molar-refractivity contribution in [3.8, 4) is 5.75 Å². The first kappa shape index (κ1) is 25.6. The van der Waals surface area contributed by atoms with Gasteiger partial charge >= 0.3 is 0 Å². The predicted molar refractivity (Wildman–Crippen MR) is 131 cm³/mol. The molecule has 10 N–H and O–H groups in total. The van der Waals surface area contributed by atoms with Crippen LogP contribution in [0.4, 0.5) is 29.2 Å². The van der Waals surface area contributed by atoms with Crippen molar-refractivity contribution in [3.63, 3.8) is 0 Å². The summed E-state index contributed by atoms with van der Waals surface area (Å²) in [5, 5.41) is 24.0. The highest BCUT2D eigenvalue weighted by atomic mass is 35.5. The summed E-state index contributed by atoms with van der Waals surface area (Å²) in [6.45, 7) is 2.04. The Balaban J connectivity index is 0.00000324. The number of nitrogens with zero attached hydrogens (tertiary/aromatic N) is 6. The summed E-state index contributed by atoms with van der Waals surface area (Å²) < 4.78 is 0. The molecule has 2 aliphatic rings. The van der Waals surface area contributed by atoms with E-state index in [0.29, 0.717) is 50.9 Å². The van der Waals surface area contributed by atoms with Gasteiger partial charge in [-0.2, -0.15) is 15.0 Å². The number of nitrogens with one attached hydrogen (secondary N) is 1. The van der Waals surface area contributed by atoms with Gasteiger partial charge in [-0.3, -0.25) is 10.1 Å². The van der Waals surface area contributed by atoms with Gasteiger partial charge in [0.1, 0.15) is 11.4 Å². The van der Waals surface area contributed by atoms with Crippen LogP contribution in [-0.4, -0.2) is 75.3 Å². The quantitative estimate of drug-likeness (QED) is 0.173. The van der Waals surface area contributed by atoms with Crippen LogP contribution in [0.5, 0.6) is 5.75 Å². The Morgan fingerprint density at radius 3 is 1.82 bits per heavy atom. The molecule has 2 saturated heterocycles. The van der Waals surface area contributed by atoms with Crippen molar-refractivity contribution in [2.75, 3.05) is 41.3 Å². The van der Waals surface area contributed by atoms with Crippen LogP contribution in [0.15, 0.2) is 18.2 Å². The van der Waals surface area contributed by atoms with E-state index in [4.69, 9.17) is 22.9 Å². The molecule has 0 amide bonds. The highest BCUT2D eigenvalue weighted by Gasteiger charge is 2.29. The molecule has 4 atom stereocenters. The molecule has 4 rings (SSSR count). The average Bonchev–Trinajstić information content (AvgIpc) is 2.73. The number of nitrogens with two attached hydrogens (primary N) is 4. The van der Waals surface area contributed by atoms with E-state index in [1.807, 2.05) is 9.80 Å². The lowest BCUT2D eigenvalue weighted by molar-refractivity contribution is -0.384. The molecule has 15 heteroatoms. The van der Waals surface area contributed by atoms with E-state index in [2.05, 4.69) is 20.3 Å². The van der Waals surface area contributed by atoms with E-state index in [9.17, 15) is 15.2 Å². The Kier molecular flexibility index (Phi) is 7.89. The molecule has 34 heavy (non-hydrogen) atoms. The zero-order valence-electron chi connectivity index (χ0n) is 18.4. The maximum atomic E-state index is 11.5. The van der Waals surface area contributed by atoms with Crippen LogP contribution < -0.4 is 38.1 Å². The maximum absolute atomic E-state index is 11.5. The van der Waals surface area contributed by atoms with Gasteiger partial charge in [-0.25, -0.2) is 0 Å². The molecule has 0 saturated carbocycles. The van der Waals surface area contributed by atoms with Crippen molar-refractivity contribution in [1.29, 1.82) is 0 Å². The van der Waals surface area contributed by atoms with Gasteiger partial charge in [-0.15, -0.1) is 12.4 Å². The molecule has 2 aliphatic heterocycles. The van der Waals surface area contributed by atoms with Gasteiger partial charge in [0.05, 0.1) is 11.0 Å². The molecule has 0 aliphatic carbocycles. The number of anilines is 4. The van der Waals surface area contributed by atoms with Gasteiger partial charge in [-0.1, -0.05) is 0 Å². The number of nitro benzene ring substituents is 1. The first-order valence-electron chi connectivity index (χ1n) is 10.7. The lowest BCUT2D eigenvalue weighted by atomic mass is 10.0. The summed E-state index contributed by atoms with van der Waals surface area (Å²) >= 11 is 0. The normalized spacial score (nSPS) is 24.9. The SMILES string of the molecule is Cl.N[C@@H]1C[C@@H](N)CN(c2nc(Nc3ccc(O)cc3[N+](=O)[O-])nc(N3C[C@H](N)C[C@H](N)C3)n2)C1. The van der Waals surface area contributed by atoms with E-state index in [1.165, 1.54) is 12.1 Å². The molecule has 3 heterocycles. The van der Waals surface area contributed by atoms with E-state index in [1.54, 1.807) is 0 Å². The van der Waals surface area contributed by atoms with Gasteiger partial charge in [0.15, 0.2) is 0 Å². The van der Waals surface area contributed by atoms with Crippen LogP contribution >= 0.6 is 12.4 Å². The summed E-state index contributed by atoms with van der Waals surface area (Å²) in [6, 6.07) is 3.22. The number of rotatable bonds is 5. The third-order valence-corrected chi connectivity index (χ3v) is 5.63. The zero-order chi connectivity index (χ0) is 23.7. The molecule has 0 bridgehead atoms. The van der Waals surface area contributed by atoms with Gasteiger partial charge in [0.2, 0.25) is 17.8 Å². The Morgan fingerprint density at radius 2 is 1.38 bits per heavy atom. The van der Waals surface area contributed by atoms with Crippen molar-refractivity contribution in [1.82, 2.24) is 15.0 Å². The van der Waals surface area contributed by atoms with Crippen LogP contribution in [0.25, 0.3) is 0 Å². The number of aromatic nitrogens is 3. The van der Waals surface area contributed by atoms with Crippen molar-refractivity contribution in [2.24, 2.45) is 22.9 Å². The molecule has 186 valence electrons. The molecule has 0 radical (unpaired) electrons. The Bertz CT molecular complexity index is 965. The molecular weight excluding hydrogens is 466 g/mol. The second kappa shape index (κ2) is 10.5. The van der Waals surface area contributed by atoms with Crippen molar-refractivity contribution < 1.29 is 10.0 Å². The topological polar surface area (TPSA) is 225 Å². The second-order valence-electron chi connectivity index (χ2n) is 8.66. The second-order valence-corrected chi connectivity index (χ2v) is 8.66. The molecule has 0 spiro atoms. The van der Waals surface area contributed by atoms with Gasteiger partial charge < -0.3 is 43.2 Å². The number of phenolic OH excluding ortho intramolecular Hbond substituents is 1. The van der Waals surface area contributed by atoms with Crippen molar-refractivity contribution in [2.45, 2.75) is 37.0 Å². The lowest BCUT2D eigenvalue weighted by Crippen LogP contribution is -2.54. The number of aromatic hydroxyl groups is 1. The fourth-order valence-electron chi connectivity index (χ4n) is 4.27. The van der Waals surface area contributed by atoms with Crippen LogP contribution in [-0.2, 0) is 0 Å². The zero-order valence-corrected chi connectivity index (χ0v) is 19.3. The van der Waals surface area contributed by atoms with Gasteiger partial charge in [-0.05, 0) is 25.0 Å². The number of benzene rings is 1.